The Bertz CT molecular complexity index is 859. The van der Waals surface area contributed by atoms with Crippen molar-refractivity contribution >= 4 is 41.0 Å². The molecule has 0 bridgehead atoms. The summed E-state index contributed by atoms with van der Waals surface area (Å²) < 4.78 is 23.8. The number of ether oxygens (including phenoxy) is 2. The summed E-state index contributed by atoms with van der Waals surface area (Å²) in [4.78, 5) is 26.8. The van der Waals surface area contributed by atoms with E-state index in [9.17, 15) is 14.0 Å². The monoisotopic (exact) mass is 386 g/mol. The summed E-state index contributed by atoms with van der Waals surface area (Å²) in [5.74, 6) is -1.35. The highest BCUT2D eigenvalue weighted by Crippen LogP contribution is 2.36. The van der Waals surface area contributed by atoms with Crippen molar-refractivity contribution in [1.29, 1.82) is 0 Å². The van der Waals surface area contributed by atoms with Crippen LogP contribution in [0.4, 0.5) is 14.9 Å². The number of hydrogen-bond donors (Lipinski definition) is 1. The summed E-state index contributed by atoms with van der Waals surface area (Å²) in [7, 11) is 1.11. The van der Waals surface area contributed by atoms with Gasteiger partial charge in [-0.15, -0.1) is 0 Å². The molecule has 0 unspecified atom stereocenters. The Labute approximate surface area is 152 Å². The minimum absolute atomic E-state index is 0.0873. The van der Waals surface area contributed by atoms with Crippen LogP contribution < -0.4 is 10.1 Å². The van der Waals surface area contributed by atoms with E-state index in [1.54, 1.807) is 0 Å². The molecule has 1 N–H and O–H groups in total. The molecule has 2 rings (SSSR count). The maximum Gasteiger partial charge on any atom is 0.514 e. The molecule has 132 valence electrons. The van der Waals surface area contributed by atoms with E-state index in [2.05, 4.69) is 15.0 Å². The van der Waals surface area contributed by atoms with Crippen LogP contribution in [0.25, 0.3) is 11.3 Å². The molecule has 0 saturated carbocycles. The van der Waals surface area contributed by atoms with Crippen LogP contribution in [-0.4, -0.2) is 24.2 Å². The molecular weight excluding hydrogens is 374 g/mol. The van der Waals surface area contributed by atoms with Crippen molar-refractivity contribution in [1.82, 2.24) is 4.98 Å². The first-order chi connectivity index (χ1) is 11.7. The second kappa shape index (κ2) is 7.67. The molecule has 1 heterocycles. The Hall–Kier alpha value is -2.38. The van der Waals surface area contributed by atoms with Gasteiger partial charge in [-0.05, 0) is 25.1 Å². The molecule has 1 aromatic carbocycles. The van der Waals surface area contributed by atoms with Gasteiger partial charge in [-0.25, -0.2) is 14.2 Å². The molecule has 0 saturated heterocycles. The molecule has 0 aliphatic heterocycles. The summed E-state index contributed by atoms with van der Waals surface area (Å²) >= 11 is 12.0. The highest BCUT2D eigenvalue weighted by Gasteiger charge is 2.20. The molecule has 1 aromatic heterocycles. The fraction of sp³-hybridized carbons (Fsp3) is 0.188. The SMILES string of the molecule is COC(=O)Oc1nc(-c2ccc(Cl)c(C)c2F)cc(NC(C)=O)c1Cl. The number of rotatable bonds is 3. The van der Waals surface area contributed by atoms with Crippen molar-refractivity contribution in [3.8, 4) is 17.1 Å². The minimum atomic E-state index is -1.06. The lowest BCUT2D eigenvalue weighted by molar-refractivity contribution is -0.114. The van der Waals surface area contributed by atoms with E-state index < -0.39 is 17.9 Å². The van der Waals surface area contributed by atoms with E-state index in [-0.39, 0.29) is 38.4 Å². The topological polar surface area (TPSA) is 77.5 Å². The average molecular weight is 387 g/mol. The second-order valence-electron chi connectivity index (χ2n) is 4.95. The van der Waals surface area contributed by atoms with Gasteiger partial charge in [0.25, 0.3) is 0 Å². The Morgan fingerprint density at radius 1 is 1.28 bits per heavy atom. The first kappa shape index (κ1) is 19.0. The van der Waals surface area contributed by atoms with E-state index >= 15 is 0 Å². The predicted molar refractivity (Wildman–Crippen MR) is 91.7 cm³/mol. The molecule has 2 aromatic rings. The number of amides is 1. The van der Waals surface area contributed by atoms with E-state index in [0.717, 1.165) is 7.11 Å². The van der Waals surface area contributed by atoms with E-state index in [0.29, 0.717) is 0 Å². The van der Waals surface area contributed by atoms with Crippen LogP contribution in [0.5, 0.6) is 5.88 Å². The standard InChI is InChI=1S/C16H13Cl2FN2O4/c1-7-10(17)5-4-9(14(7)19)11-6-12(20-8(2)22)13(18)15(21-11)25-16(23)24-3/h4-6H,1-3H3,(H,20,21,22). The van der Waals surface area contributed by atoms with Gasteiger partial charge in [0.05, 0.1) is 18.5 Å². The first-order valence-electron chi connectivity index (χ1n) is 6.93. The number of anilines is 1. The van der Waals surface area contributed by atoms with Crippen molar-refractivity contribution in [2.24, 2.45) is 0 Å². The Morgan fingerprint density at radius 2 is 1.96 bits per heavy atom. The number of carbonyl (C=O) groups excluding carboxylic acids is 2. The third kappa shape index (κ3) is 4.18. The molecule has 0 atom stereocenters. The summed E-state index contributed by atoms with van der Waals surface area (Å²) in [6.45, 7) is 2.78. The number of carbonyl (C=O) groups is 2. The van der Waals surface area contributed by atoms with Crippen LogP contribution in [0, 0.1) is 12.7 Å². The highest BCUT2D eigenvalue weighted by molar-refractivity contribution is 6.35. The van der Waals surface area contributed by atoms with Crippen molar-refractivity contribution in [2.45, 2.75) is 13.8 Å². The summed E-state index contributed by atoms with van der Waals surface area (Å²) in [5, 5.41) is 2.59. The van der Waals surface area contributed by atoms with Gasteiger partial charge in [-0.2, -0.15) is 0 Å². The van der Waals surface area contributed by atoms with E-state index in [4.69, 9.17) is 27.9 Å². The van der Waals surface area contributed by atoms with Gasteiger partial charge in [0.2, 0.25) is 11.8 Å². The molecular formula is C16H13Cl2FN2O4. The van der Waals surface area contributed by atoms with Gasteiger partial charge in [-0.1, -0.05) is 23.2 Å². The smallest absolute Gasteiger partial charge is 0.437 e. The molecule has 6 nitrogen and oxygen atoms in total. The predicted octanol–water partition coefficient (Wildman–Crippen LogP) is 4.61. The first-order valence-corrected chi connectivity index (χ1v) is 7.69. The van der Waals surface area contributed by atoms with Crippen LogP contribution in [0.15, 0.2) is 18.2 Å². The molecule has 0 spiro atoms. The normalized spacial score (nSPS) is 10.3. The number of nitrogens with one attached hydrogen (secondary N) is 1. The van der Waals surface area contributed by atoms with Crippen molar-refractivity contribution in [3.05, 3.63) is 39.6 Å². The maximum absolute atomic E-state index is 14.5. The number of methoxy groups -OCH3 is 1. The lowest BCUT2D eigenvalue weighted by Gasteiger charge is -2.13. The highest BCUT2D eigenvalue weighted by atomic mass is 35.5. The van der Waals surface area contributed by atoms with Gasteiger partial charge in [0, 0.05) is 23.1 Å². The summed E-state index contributed by atoms with van der Waals surface area (Å²) in [5.41, 5.74) is 0.515. The van der Waals surface area contributed by atoms with Gasteiger partial charge in [-0.3, -0.25) is 4.79 Å². The molecule has 0 aliphatic carbocycles. The largest absolute Gasteiger partial charge is 0.514 e. The van der Waals surface area contributed by atoms with Crippen molar-refractivity contribution in [2.75, 3.05) is 12.4 Å². The molecule has 0 radical (unpaired) electrons. The number of halogens is 3. The number of benzene rings is 1. The van der Waals surface area contributed by atoms with Crippen LogP contribution in [0.1, 0.15) is 12.5 Å². The fourth-order valence-electron chi connectivity index (χ4n) is 1.97. The zero-order valence-corrected chi connectivity index (χ0v) is 15.0. The molecule has 9 heteroatoms. The Morgan fingerprint density at radius 3 is 2.56 bits per heavy atom. The Balaban J connectivity index is 2.65. The molecule has 25 heavy (non-hydrogen) atoms. The Kier molecular flexibility index (Phi) is 5.81. The lowest BCUT2D eigenvalue weighted by Crippen LogP contribution is -2.12. The molecule has 0 fully saturated rings. The third-order valence-corrected chi connectivity index (χ3v) is 3.96. The lowest BCUT2D eigenvalue weighted by atomic mass is 10.1. The fourth-order valence-corrected chi connectivity index (χ4v) is 2.30. The van der Waals surface area contributed by atoms with Crippen LogP contribution in [-0.2, 0) is 9.53 Å². The third-order valence-electron chi connectivity index (χ3n) is 3.18. The van der Waals surface area contributed by atoms with Gasteiger partial charge in [0.15, 0.2) is 0 Å². The number of pyridine rings is 1. The van der Waals surface area contributed by atoms with Gasteiger partial charge in [0.1, 0.15) is 10.8 Å². The second-order valence-corrected chi connectivity index (χ2v) is 5.73. The summed E-state index contributed by atoms with van der Waals surface area (Å²) in [6, 6.07) is 4.28. The number of nitrogens with zero attached hydrogens (tertiary/aromatic N) is 1. The van der Waals surface area contributed by atoms with Crippen LogP contribution >= 0.6 is 23.2 Å². The van der Waals surface area contributed by atoms with E-state index in [1.165, 1.54) is 32.0 Å². The van der Waals surface area contributed by atoms with Crippen LogP contribution in [0.3, 0.4) is 0 Å². The molecule has 0 aliphatic rings. The van der Waals surface area contributed by atoms with Gasteiger partial charge < -0.3 is 14.8 Å². The zero-order chi connectivity index (χ0) is 18.7. The maximum atomic E-state index is 14.5. The van der Waals surface area contributed by atoms with E-state index in [1.807, 2.05) is 0 Å². The minimum Gasteiger partial charge on any atom is -0.437 e. The van der Waals surface area contributed by atoms with Crippen molar-refractivity contribution in [3.63, 3.8) is 0 Å². The van der Waals surface area contributed by atoms with Crippen molar-refractivity contribution < 1.29 is 23.5 Å². The average Bonchev–Trinajstić information content (AvgIpc) is 2.55. The van der Waals surface area contributed by atoms with Gasteiger partial charge >= 0.3 is 6.16 Å². The number of hydrogen-bond acceptors (Lipinski definition) is 5. The zero-order valence-electron chi connectivity index (χ0n) is 13.4. The quantitative estimate of drug-likeness (QED) is 0.779. The van der Waals surface area contributed by atoms with Crippen LogP contribution in [0.2, 0.25) is 10.0 Å². The number of aromatic nitrogens is 1. The molecule has 1 amide bonds. The summed E-state index contributed by atoms with van der Waals surface area (Å²) in [6.07, 6.45) is -1.06.